The van der Waals surface area contributed by atoms with Gasteiger partial charge in [0, 0.05) is 19.3 Å². The van der Waals surface area contributed by atoms with Crippen LogP contribution in [0.1, 0.15) is 323 Å². The van der Waals surface area contributed by atoms with Crippen molar-refractivity contribution in [2.24, 2.45) is 5.92 Å². The van der Waals surface area contributed by atoms with Crippen molar-refractivity contribution in [2.75, 3.05) is 13.2 Å². The molecule has 1 atom stereocenters. The maximum Gasteiger partial charge on any atom is 0.306 e. The van der Waals surface area contributed by atoms with Gasteiger partial charge < -0.3 is 14.2 Å². The minimum absolute atomic E-state index is 0.0623. The second-order valence-electron chi connectivity index (χ2n) is 20.1. The van der Waals surface area contributed by atoms with E-state index < -0.39 is 6.10 Å². The van der Waals surface area contributed by atoms with E-state index in [9.17, 15) is 14.4 Å². The lowest BCUT2D eigenvalue weighted by Gasteiger charge is -2.18. The molecule has 0 bridgehead atoms. The van der Waals surface area contributed by atoms with Crippen molar-refractivity contribution in [3.8, 4) is 0 Å². The molecular formula is C57H110O6. The van der Waals surface area contributed by atoms with Crippen LogP contribution >= 0.6 is 0 Å². The van der Waals surface area contributed by atoms with Crippen LogP contribution in [0.2, 0.25) is 0 Å². The summed E-state index contributed by atoms with van der Waals surface area (Å²) in [4.78, 5) is 38.1. The molecule has 0 radical (unpaired) electrons. The van der Waals surface area contributed by atoms with Crippen LogP contribution in [0.4, 0.5) is 0 Å². The first-order chi connectivity index (χ1) is 30.9. The SMILES string of the molecule is CCCCCCCCCCCCCCCCCCCC(=O)OC[C@H](COC(=O)CCCCCCCCCCCC(C)C)OC(=O)CCCCCCCCCCCCCCCCCC. The van der Waals surface area contributed by atoms with E-state index in [1.165, 1.54) is 218 Å². The molecule has 0 aromatic carbocycles. The van der Waals surface area contributed by atoms with E-state index in [-0.39, 0.29) is 31.1 Å². The number of carbonyl (C=O) groups excluding carboxylic acids is 3. The highest BCUT2D eigenvalue weighted by atomic mass is 16.6. The smallest absolute Gasteiger partial charge is 0.306 e. The van der Waals surface area contributed by atoms with Gasteiger partial charge in [0.05, 0.1) is 0 Å². The lowest BCUT2D eigenvalue weighted by atomic mass is 10.0. The van der Waals surface area contributed by atoms with Crippen molar-refractivity contribution in [1.82, 2.24) is 0 Å². The van der Waals surface area contributed by atoms with Crippen molar-refractivity contribution in [3.63, 3.8) is 0 Å². The molecule has 0 amide bonds. The van der Waals surface area contributed by atoms with Gasteiger partial charge in [-0.2, -0.15) is 0 Å². The third kappa shape index (κ3) is 51.3. The summed E-state index contributed by atoms with van der Waals surface area (Å²) in [5, 5.41) is 0. The Hall–Kier alpha value is -1.59. The molecular weight excluding hydrogens is 781 g/mol. The molecule has 0 fully saturated rings. The first-order valence-corrected chi connectivity index (χ1v) is 28.4. The highest BCUT2D eigenvalue weighted by Gasteiger charge is 2.19. The first kappa shape index (κ1) is 61.4. The summed E-state index contributed by atoms with van der Waals surface area (Å²) in [6.07, 6.45) is 55.2. The summed E-state index contributed by atoms with van der Waals surface area (Å²) < 4.78 is 16.9. The van der Waals surface area contributed by atoms with E-state index in [1.54, 1.807) is 0 Å². The predicted molar refractivity (Wildman–Crippen MR) is 270 cm³/mol. The standard InChI is InChI=1S/C57H110O6/c1-5-7-9-11-13-15-17-19-21-23-25-26-28-32-36-40-44-48-55(58)61-51-54(52-62-56(59)49-45-41-37-34-30-31-35-39-43-47-53(3)4)63-57(60)50-46-42-38-33-29-27-24-22-20-18-16-14-12-10-8-6-2/h53-54H,5-52H2,1-4H3/t54-/m1/s1. The van der Waals surface area contributed by atoms with Crippen LogP contribution < -0.4 is 0 Å². The molecule has 0 aromatic rings. The molecule has 374 valence electrons. The summed E-state index contributed by atoms with van der Waals surface area (Å²) in [5.41, 5.74) is 0. The molecule has 63 heavy (non-hydrogen) atoms. The number of hydrogen-bond donors (Lipinski definition) is 0. The van der Waals surface area contributed by atoms with Crippen molar-refractivity contribution in [1.29, 1.82) is 0 Å². The Balaban J connectivity index is 4.28. The van der Waals surface area contributed by atoms with Crippen LogP contribution in [0, 0.1) is 5.92 Å². The Morgan fingerprint density at radius 1 is 0.302 bits per heavy atom. The van der Waals surface area contributed by atoms with Gasteiger partial charge in [-0.25, -0.2) is 0 Å². The molecule has 0 heterocycles. The monoisotopic (exact) mass is 891 g/mol. The zero-order valence-electron chi connectivity index (χ0n) is 43.0. The maximum atomic E-state index is 12.8. The van der Waals surface area contributed by atoms with Gasteiger partial charge in [-0.15, -0.1) is 0 Å². The fraction of sp³-hybridized carbons (Fsp3) is 0.947. The maximum absolute atomic E-state index is 12.8. The lowest BCUT2D eigenvalue weighted by molar-refractivity contribution is -0.167. The lowest BCUT2D eigenvalue weighted by Crippen LogP contribution is -2.30. The second-order valence-corrected chi connectivity index (χ2v) is 20.1. The van der Waals surface area contributed by atoms with E-state index in [0.717, 1.165) is 63.7 Å². The molecule has 0 aliphatic carbocycles. The molecule has 6 heteroatoms. The summed E-state index contributed by atoms with van der Waals surface area (Å²) in [7, 11) is 0. The zero-order valence-corrected chi connectivity index (χ0v) is 43.0. The molecule has 0 unspecified atom stereocenters. The van der Waals surface area contributed by atoms with Gasteiger partial charge in [-0.1, -0.05) is 285 Å². The molecule has 6 nitrogen and oxygen atoms in total. The third-order valence-electron chi connectivity index (χ3n) is 13.0. The zero-order chi connectivity index (χ0) is 45.9. The van der Waals surface area contributed by atoms with Crippen LogP contribution in [0.3, 0.4) is 0 Å². The van der Waals surface area contributed by atoms with Crippen molar-refractivity contribution >= 4 is 17.9 Å². The predicted octanol–water partition coefficient (Wildman–Crippen LogP) is 18.6. The van der Waals surface area contributed by atoms with Crippen molar-refractivity contribution in [2.45, 2.75) is 329 Å². The number of carbonyl (C=O) groups is 3. The molecule has 0 saturated carbocycles. The summed E-state index contributed by atoms with van der Waals surface area (Å²) >= 11 is 0. The van der Waals surface area contributed by atoms with Crippen LogP contribution in [-0.2, 0) is 28.6 Å². The Bertz CT molecular complexity index is 949. The highest BCUT2D eigenvalue weighted by Crippen LogP contribution is 2.18. The van der Waals surface area contributed by atoms with Crippen LogP contribution in [0.15, 0.2) is 0 Å². The normalized spacial score (nSPS) is 12.0. The number of rotatable bonds is 52. The topological polar surface area (TPSA) is 78.9 Å². The fourth-order valence-electron chi connectivity index (χ4n) is 8.75. The van der Waals surface area contributed by atoms with Crippen molar-refractivity contribution in [3.05, 3.63) is 0 Å². The van der Waals surface area contributed by atoms with E-state index in [2.05, 4.69) is 27.7 Å². The van der Waals surface area contributed by atoms with Crippen LogP contribution in [-0.4, -0.2) is 37.2 Å². The molecule has 0 rings (SSSR count). The van der Waals surface area contributed by atoms with E-state index in [1.807, 2.05) is 0 Å². The van der Waals surface area contributed by atoms with Crippen molar-refractivity contribution < 1.29 is 28.6 Å². The minimum atomic E-state index is -0.762. The fourth-order valence-corrected chi connectivity index (χ4v) is 8.75. The first-order valence-electron chi connectivity index (χ1n) is 28.4. The van der Waals surface area contributed by atoms with E-state index in [4.69, 9.17) is 14.2 Å². The van der Waals surface area contributed by atoms with Crippen LogP contribution in [0.25, 0.3) is 0 Å². The Morgan fingerprint density at radius 2 is 0.524 bits per heavy atom. The van der Waals surface area contributed by atoms with Gasteiger partial charge in [0.15, 0.2) is 6.10 Å². The number of ether oxygens (including phenoxy) is 3. The van der Waals surface area contributed by atoms with E-state index in [0.29, 0.717) is 19.3 Å². The summed E-state index contributed by atoms with van der Waals surface area (Å²) in [6, 6.07) is 0. The number of hydrogen-bond acceptors (Lipinski definition) is 6. The summed E-state index contributed by atoms with van der Waals surface area (Å²) in [5.74, 6) is -0.0298. The Kier molecular flexibility index (Phi) is 50.1. The average molecular weight is 892 g/mol. The van der Waals surface area contributed by atoms with Crippen LogP contribution in [0.5, 0.6) is 0 Å². The van der Waals surface area contributed by atoms with Gasteiger partial charge in [-0.3, -0.25) is 14.4 Å². The van der Waals surface area contributed by atoms with Gasteiger partial charge in [0.2, 0.25) is 0 Å². The van der Waals surface area contributed by atoms with Gasteiger partial charge in [-0.05, 0) is 25.2 Å². The molecule has 0 spiro atoms. The quantitative estimate of drug-likeness (QED) is 0.0344. The molecule has 0 N–H and O–H groups in total. The van der Waals surface area contributed by atoms with Gasteiger partial charge >= 0.3 is 17.9 Å². The average Bonchev–Trinajstić information content (AvgIpc) is 3.27. The number of unbranched alkanes of at least 4 members (excludes halogenated alkanes) is 39. The van der Waals surface area contributed by atoms with Gasteiger partial charge in [0.25, 0.3) is 0 Å². The van der Waals surface area contributed by atoms with Gasteiger partial charge in [0.1, 0.15) is 13.2 Å². The Morgan fingerprint density at radius 3 is 0.778 bits per heavy atom. The molecule has 0 aliphatic heterocycles. The summed E-state index contributed by atoms with van der Waals surface area (Å²) in [6.45, 7) is 9.03. The van der Waals surface area contributed by atoms with E-state index >= 15 is 0 Å². The highest BCUT2D eigenvalue weighted by molar-refractivity contribution is 5.71. The molecule has 0 aromatic heterocycles. The second kappa shape index (κ2) is 51.4. The molecule has 0 aliphatic rings. The largest absolute Gasteiger partial charge is 0.462 e. The number of esters is 3. The minimum Gasteiger partial charge on any atom is -0.462 e. The Labute approximate surface area is 393 Å². The molecule has 0 saturated heterocycles. The third-order valence-corrected chi connectivity index (χ3v) is 13.0.